The predicted molar refractivity (Wildman–Crippen MR) is 149 cm³/mol. The average Bonchev–Trinajstić information content (AvgIpc) is 2.91. The van der Waals surface area contributed by atoms with E-state index in [1.54, 1.807) is 26.3 Å². The lowest BCUT2D eigenvalue weighted by Gasteiger charge is -2.39. The lowest BCUT2D eigenvalue weighted by atomic mass is 9.78. The molecular weight excluding hydrogens is 480 g/mol. The molecule has 1 atom stereocenters. The fourth-order valence-corrected chi connectivity index (χ4v) is 5.47. The number of methoxy groups -OCH3 is 1. The van der Waals surface area contributed by atoms with Crippen LogP contribution in [0, 0.1) is 5.41 Å². The number of piperazine rings is 1. The monoisotopic (exact) mass is 516 g/mol. The van der Waals surface area contributed by atoms with E-state index >= 15 is 0 Å². The van der Waals surface area contributed by atoms with Crippen molar-refractivity contribution in [1.29, 1.82) is 0 Å². The smallest absolute Gasteiger partial charge is 0.343 e. The number of aromatic nitrogens is 2. The van der Waals surface area contributed by atoms with Crippen LogP contribution >= 0.6 is 0 Å². The van der Waals surface area contributed by atoms with Gasteiger partial charge in [-0.15, -0.1) is 0 Å². The first kappa shape index (κ1) is 26.0. The summed E-state index contributed by atoms with van der Waals surface area (Å²) in [5, 5.41) is 3.37. The van der Waals surface area contributed by atoms with E-state index in [1.807, 2.05) is 12.3 Å². The summed E-state index contributed by atoms with van der Waals surface area (Å²) in [5.41, 5.74) is 4.40. The highest BCUT2D eigenvalue weighted by Crippen LogP contribution is 2.45. The molecule has 38 heavy (non-hydrogen) atoms. The number of carbonyl (C=O) groups excluding carboxylic acids is 1. The summed E-state index contributed by atoms with van der Waals surface area (Å²) in [6, 6.07) is 9.94. The van der Waals surface area contributed by atoms with Crippen molar-refractivity contribution < 1.29 is 14.3 Å². The Hall–Kier alpha value is -3.65. The number of pyridine rings is 2. The molecule has 1 unspecified atom stereocenters. The molecule has 0 spiro atoms. The van der Waals surface area contributed by atoms with E-state index in [0.29, 0.717) is 5.75 Å². The zero-order valence-electron chi connectivity index (χ0n) is 22.8. The van der Waals surface area contributed by atoms with E-state index in [2.05, 4.69) is 53.8 Å². The highest BCUT2D eigenvalue weighted by atomic mass is 16.5. The maximum atomic E-state index is 13.0. The number of hydrogen-bond acceptors (Lipinski definition) is 7. The molecule has 3 aromatic rings. The van der Waals surface area contributed by atoms with Crippen LogP contribution in [0.1, 0.15) is 49.7 Å². The molecule has 2 aromatic heterocycles. The van der Waals surface area contributed by atoms with Gasteiger partial charge in [0, 0.05) is 67.4 Å². The molecule has 1 aromatic carbocycles. The van der Waals surface area contributed by atoms with Gasteiger partial charge in [-0.25, -0.2) is 9.78 Å². The van der Waals surface area contributed by atoms with Crippen molar-refractivity contribution in [3.05, 3.63) is 64.1 Å². The number of benzene rings is 1. The molecule has 2 aliphatic rings. The number of carbonyl (C=O) groups is 1. The second-order valence-electron chi connectivity index (χ2n) is 11.0. The molecule has 0 bridgehead atoms. The van der Waals surface area contributed by atoms with Crippen LogP contribution in [0.15, 0.2) is 47.5 Å². The minimum absolute atomic E-state index is 0.0354. The molecule has 4 heterocycles. The van der Waals surface area contributed by atoms with Gasteiger partial charge in [-0.1, -0.05) is 20.8 Å². The van der Waals surface area contributed by atoms with E-state index < -0.39 is 5.97 Å². The third kappa shape index (κ3) is 4.80. The maximum absolute atomic E-state index is 13.0. The number of hydrogen-bond donors (Lipinski definition) is 1. The summed E-state index contributed by atoms with van der Waals surface area (Å²) < 4.78 is 13.1. The van der Waals surface area contributed by atoms with Crippen LogP contribution in [0.5, 0.6) is 5.75 Å². The molecule has 8 nitrogen and oxygen atoms in total. The summed E-state index contributed by atoms with van der Waals surface area (Å²) in [4.78, 5) is 32.6. The average molecular weight is 517 g/mol. The molecule has 2 aliphatic heterocycles. The van der Waals surface area contributed by atoms with Crippen LogP contribution in [0.25, 0.3) is 22.4 Å². The van der Waals surface area contributed by atoms with Crippen LogP contribution < -0.4 is 20.4 Å². The summed E-state index contributed by atoms with van der Waals surface area (Å²) >= 11 is 0. The molecule has 0 radical (unpaired) electrons. The predicted octanol–water partition coefficient (Wildman–Crippen LogP) is 4.32. The van der Waals surface area contributed by atoms with E-state index in [-0.39, 0.29) is 29.1 Å². The van der Waals surface area contributed by atoms with Crippen LogP contribution in [0.4, 0.5) is 5.82 Å². The van der Waals surface area contributed by atoms with Gasteiger partial charge in [-0.05, 0) is 48.6 Å². The number of anilines is 1. The van der Waals surface area contributed by atoms with Crippen molar-refractivity contribution in [1.82, 2.24) is 14.9 Å². The first-order valence-corrected chi connectivity index (χ1v) is 13.3. The maximum Gasteiger partial charge on any atom is 0.343 e. The van der Waals surface area contributed by atoms with Crippen molar-refractivity contribution in [2.75, 3.05) is 44.8 Å². The third-order valence-corrected chi connectivity index (χ3v) is 7.52. The minimum Gasteiger partial charge on any atom is -0.496 e. The molecule has 0 saturated carbocycles. The number of ether oxygens (including phenoxy) is 2. The Bertz CT molecular complexity index is 1400. The van der Waals surface area contributed by atoms with Crippen molar-refractivity contribution in [2.45, 2.75) is 40.2 Å². The van der Waals surface area contributed by atoms with Crippen LogP contribution in [0.2, 0.25) is 0 Å². The number of nitrogens with one attached hydrogen (secondary N) is 1. The van der Waals surface area contributed by atoms with Crippen LogP contribution in [-0.4, -0.2) is 55.4 Å². The largest absolute Gasteiger partial charge is 0.496 e. The highest BCUT2D eigenvalue weighted by Gasteiger charge is 2.34. The molecule has 0 aliphatic carbocycles. The van der Waals surface area contributed by atoms with Crippen molar-refractivity contribution >= 4 is 11.8 Å². The first-order valence-electron chi connectivity index (χ1n) is 13.3. The van der Waals surface area contributed by atoms with E-state index in [4.69, 9.17) is 14.5 Å². The fraction of sp³-hybridized carbons (Fsp3) is 0.433. The van der Waals surface area contributed by atoms with Gasteiger partial charge in [0.2, 0.25) is 0 Å². The van der Waals surface area contributed by atoms with Gasteiger partial charge in [-0.3, -0.25) is 4.79 Å². The first-order chi connectivity index (χ1) is 18.2. The molecule has 0 amide bonds. The minimum atomic E-state index is -0.587. The van der Waals surface area contributed by atoms with Gasteiger partial charge >= 0.3 is 5.97 Å². The molecule has 1 fully saturated rings. The second-order valence-corrected chi connectivity index (χ2v) is 11.0. The van der Waals surface area contributed by atoms with Crippen LogP contribution in [0.3, 0.4) is 0 Å². The normalized spacial score (nSPS) is 17.0. The van der Waals surface area contributed by atoms with E-state index in [1.165, 1.54) is 0 Å². The summed E-state index contributed by atoms with van der Waals surface area (Å²) in [6.45, 7) is 12.3. The molecule has 8 heteroatoms. The Balaban J connectivity index is 1.60. The van der Waals surface area contributed by atoms with E-state index in [9.17, 15) is 9.59 Å². The Labute approximate surface area is 223 Å². The standard InChI is InChI=1S/C30H36N4O4/c1-6-38-29(36)23-18-34-24(16-25(23)35)21-15-26(37-5)22(13-20(21)14-27(34)30(2,3)4)19-7-8-28(32-17-19)33-11-9-31-10-12-33/h7-8,13,15-18,27,31H,6,9-12,14H2,1-5H3. The molecule has 200 valence electrons. The van der Waals surface area contributed by atoms with Crippen molar-refractivity contribution in [3.63, 3.8) is 0 Å². The number of fused-ring (bicyclic) bond motifs is 3. The third-order valence-electron chi connectivity index (χ3n) is 7.52. The Morgan fingerprint density at radius 1 is 1.13 bits per heavy atom. The number of esters is 1. The zero-order valence-corrected chi connectivity index (χ0v) is 22.8. The molecule has 5 rings (SSSR count). The van der Waals surface area contributed by atoms with E-state index in [0.717, 1.165) is 66.4 Å². The summed E-state index contributed by atoms with van der Waals surface area (Å²) in [5.74, 6) is 1.10. The molecular formula is C30H36N4O4. The summed E-state index contributed by atoms with van der Waals surface area (Å²) in [6.07, 6.45) is 4.34. The van der Waals surface area contributed by atoms with Gasteiger partial charge in [0.05, 0.1) is 19.4 Å². The van der Waals surface area contributed by atoms with Gasteiger partial charge in [0.1, 0.15) is 17.1 Å². The quantitative estimate of drug-likeness (QED) is 0.506. The van der Waals surface area contributed by atoms with Gasteiger partial charge in [-0.2, -0.15) is 0 Å². The van der Waals surface area contributed by atoms with Gasteiger partial charge in [0.15, 0.2) is 5.43 Å². The van der Waals surface area contributed by atoms with Gasteiger partial charge < -0.3 is 24.3 Å². The molecule has 1 saturated heterocycles. The Morgan fingerprint density at radius 2 is 1.89 bits per heavy atom. The van der Waals surface area contributed by atoms with Gasteiger partial charge in [0.25, 0.3) is 0 Å². The SMILES string of the molecule is CCOC(=O)c1cn2c(cc1=O)-c1cc(OC)c(-c3ccc(N4CCNCC4)nc3)cc1CC2C(C)(C)C. The van der Waals surface area contributed by atoms with Crippen molar-refractivity contribution in [2.24, 2.45) is 5.41 Å². The topological polar surface area (TPSA) is 85.7 Å². The van der Waals surface area contributed by atoms with Crippen LogP contribution in [-0.2, 0) is 11.2 Å². The zero-order chi connectivity index (χ0) is 27.0. The second kappa shape index (κ2) is 10.3. The Kier molecular flexibility index (Phi) is 7.01. The molecule has 1 N–H and O–H groups in total. The number of rotatable bonds is 5. The lowest BCUT2D eigenvalue weighted by Crippen LogP contribution is -2.43. The Morgan fingerprint density at radius 3 is 2.53 bits per heavy atom. The summed E-state index contributed by atoms with van der Waals surface area (Å²) in [7, 11) is 1.66. The lowest BCUT2D eigenvalue weighted by molar-refractivity contribution is 0.0523. The number of nitrogens with zero attached hydrogens (tertiary/aromatic N) is 3. The van der Waals surface area contributed by atoms with Crippen molar-refractivity contribution in [3.8, 4) is 28.1 Å². The highest BCUT2D eigenvalue weighted by molar-refractivity contribution is 5.89. The fourth-order valence-electron chi connectivity index (χ4n) is 5.47.